The summed E-state index contributed by atoms with van der Waals surface area (Å²) in [5.74, 6) is -0.0331. The van der Waals surface area contributed by atoms with E-state index in [1.807, 2.05) is 25.6 Å². The van der Waals surface area contributed by atoms with E-state index in [0.29, 0.717) is 12.8 Å². The van der Waals surface area contributed by atoms with Gasteiger partial charge in [0.2, 0.25) is 5.91 Å². The Morgan fingerprint density at radius 3 is 2.65 bits per heavy atom. The number of aliphatic hydroxyl groups is 1. The number of nitrogens with one attached hydrogen (secondary N) is 1. The van der Waals surface area contributed by atoms with Gasteiger partial charge in [0.25, 0.3) is 0 Å². The highest BCUT2D eigenvalue weighted by Gasteiger charge is 2.12. The second-order valence-corrected chi connectivity index (χ2v) is 4.42. The van der Waals surface area contributed by atoms with E-state index in [1.165, 1.54) is 0 Å². The van der Waals surface area contributed by atoms with Gasteiger partial charge in [0, 0.05) is 25.2 Å². The summed E-state index contributed by atoms with van der Waals surface area (Å²) in [6.07, 6.45) is 1.12. The molecule has 5 heteroatoms. The lowest BCUT2D eigenvalue weighted by atomic mass is 10.1. The number of rotatable bonds is 5. The molecular formula is C12H21N3O2. The van der Waals surface area contributed by atoms with E-state index in [1.54, 1.807) is 6.92 Å². The van der Waals surface area contributed by atoms with Crippen molar-refractivity contribution in [2.45, 2.75) is 39.7 Å². The number of amides is 1. The van der Waals surface area contributed by atoms with Crippen LogP contribution in [0.4, 0.5) is 0 Å². The minimum absolute atomic E-state index is 0.0311. The lowest BCUT2D eigenvalue weighted by Gasteiger charge is -2.10. The Morgan fingerprint density at radius 1 is 1.53 bits per heavy atom. The zero-order valence-corrected chi connectivity index (χ0v) is 10.9. The minimum atomic E-state index is -0.182. The van der Waals surface area contributed by atoms with Crippen molar-refractivity contribution in [1.29, 1.82) is 0 Å². The summed E-state index contributed by atoms with van der Waals surface area (Å²) in [7, 11) is 1.90. The molecule has 0 saturated carbocycles. The lowest BCUT2D eigenvalue weighted by Crippen LogP contribution is -2.35. The summed E-state index contributed by atoms with van der Waals surface area (Å²) in [5.41, 5.74) is 3.22. The molecule has 0 bridgehead atoms. The van der Waals surface area contributed by atoms with Gasteiger partial charge in [-0.3, -0.25) is 9.48 Å². The van der Waals surface area contributed by atoms with Gasteiger partial charge >= 0.3 is 0 Å². The summed E-state index contributed by atoms with van der Waals surface area (Å²) < 4.78 is 1.83. The van der Waals surface area contributed by atoms with Gasteiger partial charge in [-0.1, -0.05) is 0 Å². The van der Waals surface area contributed by atoms with E-state index < -0.39 is 0 Å². The fourth-order valence-electron chi connectivity index (χ4n) is 1.81. The molecule has 0 spiro atoms. The van der Waals surface area contributed by atoms with Crippen LogP contribution in [0.5, 0.6) is 0 Å². The molecule has 1 aromatic rings. The fourth-order valence-corrected chi connectivity index (χ4v) is 1.81. The predicted octanol–water partition coefficient (Wildman–Crippen LogP) is 0.467. The Bertz CT molecular complexity index is 399. The van der Waals surface area contributed by atoms with Gasteiger partial charge in [-0.15, -0.1) is 0 Å². The quantitative estimate of drug-likeness (QED) is 0.784. The molecule has 1 amide bonds. The van der Waals surface area contributed by atoms with Gasteiger partial charge in [0.05, 0.1) is 12.3 Å². The van der Waals surface area contributed by atoms with Crippen LogP contribution < -0.4 is 5.32 Å². The standard InChI is InChI=1S/C12H21N3O2/c1-8(7-16)13-12(17)6-5-11-9(2)14-15(4)10(11)3/h8,16H,5-7H2,1-4H3,(H,13,17)/t8-/m1/s1. The first-order valence-electron chi connectivity index (χ1n) is 5.85. The van der Waals surface area contributed by atoms with Crippen LogP contribution in [0.3, 0.4) is 0 Å². The summed E-state index contributed by atoms with van der Waals surface area (Å²) in [4.78, 5) is 11.6. The van der Waals surface area contributed by atoms with E-state index >= 15 is 0 Å². The zero-order valence-electron chi connectivity index (χ0n) is 10.9. The number of hydrogen-bond donors (Lipinski definition) is 2. The molecule has 2 N–H and O–H groups in total. The first-order chi connectivity index (χ1) is 7.95. The molecule has 0 saturated heterocycles. The average Bonchev–Trinajstić information content (AvgIpc) is 2.51. The maximum absolute atomic E-state index is 11.6. The summed E-state index contributed by atoms with van der Waals surface area (Å²) >= 11 is 0. The molecule has 0 radical (unpaired) electrons. The fraction of sp³-hybridized carbons (Fsp3) is 0.667. The van der Waals surface area contributed by atoms with E-state index in [4.69, 9.17) is 5.11 Å². The molecule has 1 aromatic heterocycles. The van der Waals surface area contributed by atoms with E-state index in [2.05, 4.69) is 10.4 Å². The van der Waals surface area contributed by atoms with Gasteiger partial charge in [-0.2, -0.15) is 5.10 Å². The minimum Gasteiger partial charge on any atom is -0.394 e. The van der Waals surface area contributed by atoms with Crippen LogP contribution in [0.2, 0.25) is 0 Å². The Balaban J connectivity index is 2.53. The van der Waals surface area contributed by atoms with Gasteiger partial charge in [0.15, 0.2) is 0 Å². The second kappa shape index (κ2) is 5.82. The van der Waals surface area contributed by atoms with Gasteiger partial charge in [-0.25, -0.2) is 0 Å². The summed E-state index contributed by atoms with van der Waals surface area (Å²) in [6, 6.07) is -0.182. The normalized spacial score (nSPS) is 12.5. The molecule has 1 heterocycles. The van der Waals surface area contributed by atoms with Gasteiger partial charge in [0.1, 0.15) is 0 Å². The smallest absolute Gasteiger partial charge is 0.220 e. The highest BCUT2D eigenvalue weighted by atomic mass is 16.3. The van der Waals surface area contributed by atoms with Crippen molar-refractivity contribution >= 4 is 5.91 Å². The number of aryl methyl sites for hydroxylation is 2. The van der Waals surface area contributed by atoms with Gasteiger partial charge in [-0.05, 0) is 32.8 Å². The van der Waals surface area contributed by atoms with Crippen LogP contribution in [-0.4, -0.2) is 33.4 Å². The van der Waals surface area contributed by atoms with Crippen molar-refractivity contribution in [3.63, 3.8) is 0 Å². The number of carbonyl (C=O) groups is 1. The third-order valence-electron chi connectivity index (χ3n) is 2.94. The highest BCUT2D eigenvalue weighted by Crippen LogP contribution is 2.13. The molecule has 0 unspecified atom stereocenters. The van der Waals surface area contributed by atoms with Crippen molar-refractivity contribution in [3.05, 3.63) is 17.0 Å². The van der Waals surface area contributed by atoms with E-state index in [0.717, 1.165) is 17.0 Å². The number of aromatic nitrogens is 2. The Labute approximate surface area is 102 Å². The van der Waals surface area contributed by atoms with Crippen molar-refractivity contribution in [1.82, 2.24) is 15.1 Å². The monoisotopic (exact) mass is 239 g/mol. The van der Waals surface area contributed by atoms with Crippen molar-refractivity contribution < 1.29 is 9.90 Å². The number of aliphatic hydroxyl groups excluding tert-OH is 1. The first-order valence-corrected chi connectivity index (χ1v) is 5.85. The molecule has 1 atom stereocenters. The molecule has 17 heavy (non-hydrogen) atoms. The lowest BCUT2D eigenvalue weighted by molar-refractivity contribution is -0.121. The largest absolute Gasteiger partial charge is 0.394 e. The number of carbonyl (C=O) groups excluding carboxylic acids is 1. The van der Waals surface area contributed by atoms with E-state index in [9.17, 15) is 4.79 Å². The molecule has 0 aromatic carbocycles. The first kappa shape index (κ1) is 13.7. The van der Waals surface area contributed by atoms with Crippen molar-refractivity contribution in [2.75, 3.05) is 6.61 Å². The molecule has 0 aliphatic rings. The van der Waals surface area contributed by atoms with Gasteiger partial charge < -0.3 is 10.4 Å². The molecule has 5 nitrogen and oxygen atoms in total. The molecular weight excluding hydrogens is 218 g/mol. The Morgan fingerprint density at radius 2 is 2.18 bits per heavy atom. The predicted molar refractivity (Wildman–Crippen MR) is 65.7 cm³/mol. The number of nitrogens with zero attached hydrogens (tertiary/aromatic N) is 2. The maximum Gasteiger partial charge on any atom is 0.220 e. The average molecular weight is 239 g/mol. The van der Waals surface area contributed by atoms with E-state index in [-0.39, 0.29) is 18.6 Å². The second-order valence-electron chi connectivity index (χ2n) is 4.42. The SMILES string of the molecule is Cc1nn(C)c(C)c1CCC(=O)N[C@H](C)CO. The Hall–Kier alpha value is -1.36. The van der Waals surface area contributed by atoms with Crippen LogP contribution in [0.25, 0.3) is 0 Å². The Kier molecular flexibility index (Phi) is 4.69. The van der Waals surface area contributed by atoms with Crippen LogP contribution >= 0.6 is 0 Å². The van der Waals surface area contributed by atoms with Crippen LogP contribution in [0, 0.1) is 13.8 Å². The van der Waals surface area contributed by atoms with Crippen LogP contribution in [0.1, 0.15) is 30.3 Å². The molecule has 1 rings (SSSR count). The van der Waals surface area contributed by atoms with Crippen molar-refractivity contribution in [3.8, 4) is 0 Å². The number of hydrogen-bond acceptors (Lipinski definition) is 3. The molecule has 0 aliphatic carbocycles. The topological polar surface area (TPSA) is 67.2 Å². The molecule has 0 aliphatic heterocycles. The highest BCUT2D eigenvalue weighted by molar-refractivity contribution is 5.76. The molecule has 0 fully saturated rings. The zero-order chi connectivity index (χ0) is 13.0. The third kappa shape index (κ3) is 3.56. The molecule has 96 valence electrons. The van der Waals surface area contributed by atoms with Crippen LogP contribution in [0.15, 0.2) is 0 Å². The van der Waals surface area contributed by atoms with Crippen molar-refractivity contribution in [2.24, 2.45) is 7.05 Å². The summed E-state index contributed by atoms with van der Waals surface area (Å²) in [6.45, 7) is 5.70. The third-order valence-corrected chi connectivity index (χ3v) is 2.94. The van der Waals surface area contributed by atoms with Crippen LogP contribution in [-0.2, 0) is 18.3 Å². The maximum atomic E-state index is 11.6. The summed E-state index contributed by atoms with van der Waals surface area (Å²) in [5, 5.41) is 15.9.